The molecular formula is C18H16N6O2. The van der Waals surface area contributed by atoms with Gasteiger partial charge in [-0.05, 0) is 24.3 Å². The maximum Gasteiger partial charge on any atom is 0.275 e. The van der Waals surface area contributed by atoms with E-state index in [1.54, 1.807) is 18.3 Å². The molecule has 2 amide bonds. The topological polar surface area (TPSA) is 100 Å². The van der Waals surface area contributed by atoms with Crippen molar-refractivity contribution in [2.24, 2.45) is 0 Å². The number of amides is 2. The molecule has 0 bridgehead atoms. The number of nitrogens with one attached hydrogen (secondary N) is 2. The van der Waals surface area contributed by atoms with Gasteiger partial charge in [-0.3, -0.25) is 14.6 Å². The van der Waals surface area contributed by atoms with E-state index in [0.717, 1.165) is 5.52 Å². The van der Waals surface area contributed by atoms with Gasteiger partial charge in [-0.1, -0.05) is 12.1 Å². The number of carbonyl (C=O) groups is 2. The van der Waals surface area contributed by atoms with Gasteiger partial charge >= 0.3 is 0 Å². The Balaban J connectivity index is 1.47. The van der Waals surface area contributed by atoms with Crippen LogP contribution in [0.4, 0.5) is 11.5 Å². The van der Waals surface area contributed by atoms with E-state index in [4.69, 9.17) is 0 Å². The summed E-state index contributed by atoms with van der Waals surface area (Å²) in [6.45, 7) is 1.59. The van der Waals surface area contributed by atoms with Crippen molar-refractivity contribution >= 4 is 34.4 Å². The standard InChI is InChI=1S/C18H16N6O2/c25-17-11-24(8-7-19-17)16-6-5-12(9-21-16)22-18(26)15-10-20-13-3-1-2-4-14(13)23-15/h1-6,9-10H,7-8,11H2,(H,19,25)(H,22,26). The number of para-hydroxylation sites is 2. The summed E-state index contributed by atoms with van der Waals surface area (Å²) >= 11 is 0. The van der Waals surface area contributed by atoms with Crippen LogP contribution in [0.2, 0.25) is 0 Å². The molecule has 8 nitrogen and oxygen atoms in total. The van der Waals surface area contributed by atoms with Crippen molar-refractivity contribution in [3.8, 4) is 0 Å². The van der Waals surface area contributed by atoms with Gasteiger partial charge in [0.15, 0.2) is 0 Å². The molecule has 8 heteroatoms. The average Bonchev–Trinajstić information content (AvgIpc) is 2.68. The molecule has 0 spiro atoms. The van der Waals surface area contributed by atoms with Gasteiger partial charge in [0.1, 0.15) is 11.5 Å². The van der Waals surface area contributed by atoms with Crippen LogP contribution < -0.4 is 15.5 Å². The predicted molar refractivity (Wildman–Crippen MR) is 97.0 cm³/mol. The average molecular weight is 348 g/mol. The minimum Gasteiger partial charge on any atom is -0.353 e. The lowest BCUT2D eigenvalue weighted by Gasteiger charge is -2.27. The first-order valence-corrected chi connectivity index (χ1v) is 8.20. The molecule has 0 radical (unpaired) electrons. The van der Waals surface area contributed by atoms with Crippen LogP contribution in [-0.4, -0.2) is 46.4 Å². The fraction of sp³-hybridized carbons (Fsp3) is 0.167. The number of hydrogen-bond donors (Lipinski definition) is 2. The zero-order valence-corrected chi connectivity index (χ0v) is 13.8. The summed E-state index contributed by atoms with van der Waals surface area (Å²) in [5.41, 5.74) is 2.19. The van der Waals surface area contributed by atoms with Crippen molar-refractivity contribution in [3.05, 3.63) is 54.5 Å². The molecule has 0 aliphatic carbocycles. The molecule has 1 aliphatic heterocycles. The monoisotopic (exact) mass is 348 g/mol. The highest BCUT2D eigenvalue weighted by Gasteiger charge is 2.17. The number of rotatable bonds is 3. The molecule has 26 heavy (non-hydrogen) atoms. The first kappa shape index (κ1) is 15.9. The Bertz CT molecular complexity index is 973. The Morgan fingerprint density at radius 1 is 1.08 bits per heavy atom. The zero-order valence-electron chi connectivity index (χ0n) is 13.8. The molecule has 0 atom stereocenters. The fourth-order valence-corrected chi connectivity index (χ4v) is 2.74. The highest BCUT2D eigenvalue weighted by atomic mass is 16.2. The summed E-state index contributed by atoms with van der Waals surface area (Å²) in [6.07, 6.45) is 3.01. The van der Waals surface area contributed by atoms with Crippen molar-refractivity contribution in [1.82, 2.24) is 20.3 Å². The number of benzene rings is 1. The number of nitrogens with zero attached hydrogens (tertiary/aromatic N) is 4. The molecule has 1 aliphatic rings. The number of fused-ring (bicyclic) bond motifs is 1. The molecular weight excluding hydrogens is 332 g/mol. The number of carbonyl (C=O) groups excluding carboxylic acids is 2. The van der Waals surface area contributed by atoms with Gasteiger partial charge in [-0.25, -0.2) is 9.97 Å². The van der Waals surface area contributed by atoms with E-state index in [9.17, 15) is 9.59 Å². The number of pyridine rings is 1. The number of hydrogen-bond acceptors (Lipinski definition) is 6. The van der Waals surface area contributed by atoms with E-state index >= 15 is 0 Å². The van der Waals surface area contributed by atoms with Crippen LogP contribution >= 0.6 is 0 Å². The smallest absolute Gasteiger partial charge is 0.275 e. The molecule has 130 valence electrons. The molecule has 2 aromatic heterocycles. The largest absolute Gasteiger partial charge is 0.353 e. The highest BCUT2D eigenvalue weighted by Crippen LogP contribution is 2.16. The third kappa shape index (κ3) is 3.30. The molecule has 3 aromatic rings. The number of aromatic nitrogens is 3. The van der Waals surface area contributed by atoms with Crippen LogP contribution in [0, 0.1) is 0 Å². The van der Waals surface area contributed by atoms with E-state index in [-0.39, 0.29) is 24.1 Å². The van der Waals surface area contributed by atoms with Gasteiger partial charge in [0.25, 0.3) is 5.91 Å². The van der Waals surface area contributed by atoms with Crippen LogP contribution in [0.5, 0.6) is 0 Å². The SMILES string of the molecule is O=C1CN(c2ccc(NC(=O)c3cnc4ccccc4n3)cn2)CCN1. The second kappa shape index (κ2) is 6.75. The minimum atomic E-state index is -0.352. The van der Waals surface area contributed by atoms with Gasteiger partial charge < -0.3 is 15.5 Å². The summed E-state index contributed by atoms with van der Waals surface area (Å²) in [7, 11) is 0. The van der Waals surface area contributed by atoms with Crippen molar-refractivity contribution in [3.63, 3.8) is 0 Å². The van der Waals surface area contributed by atoms with Crippen LogP contribution in [-0.2, 0) is 4.79 Å². The van der Waals surface area contributed by atoms with E-state index in [0.29, 0.717) is 30.1 Å². The Labute approximate surface area is 149 Å². The first-order valence-electron chi connectivity index (χ1n) is 8.20. The van der Waals surface area contributed by atoms with Gasteiger partial charge in [0, 0.05) is 13.1 Å². The maximum absolute atomic E-state index is 12.4. The predicted octanol–water partition coefficient (Wildman–Crippen LogP) is 1.21. The Morgan fingerprint density at radius 3 is 2.69 bits per heavy atom. The summed E-state index contributed by atoms with van der Waals surface area (Å²) < 4.78 is 0. The molecule has 4 rings (SSSR count). The van der Waals surface area contributed by atoms with Crippen LogP contribution in [0.15, 0.2) is 48.8 Å². The highest BCUT2D eigenvalue weighted by molar-refractivity contribution is 6.03. The Kier molecular flexibility index (Phi) is 4.14. The second-order valence-electron chi connectivity index (χ2n) is 5.87. The molecule has 0 saturated carbocycles. The third-order valence-corrected chi connectivity index (χ3v) is 4.05. The van der Waals surface area contributed by atoms with Crippen molar-refractivity contribution in [2.75, 3.05) is 29.9 Å². The van der Waals surface area contributed by atoms with Crippen LogP contribution in [0.25, 0.3) is 11.0 Å². The molecule has 1 aromatic carbocycles. The molecule has 1 fully saturated rings. The van der Waals surface area contributed by atoms with E-state index in [2.05, 4.69) is 25.6 Å². The van der Waals surface area contributed by atoms with Crippen molar-refractivity contribution in [2.45, 2.75) is 0 Å². The van der Waals surface area contributed by atoms with Crippen LogP contribution in [0.1, 0.15) is 10.5 Å². The molecule has 3 heterocycles. The summed E-state index contributed by atoms with van der Waals surface area (Å²) in [5.74, 6) is 0.323. The lowest BCUT2D eigenvalue weighted by molar-refractivity contribution is -0.120. The number of piperazine rings is 1. The normalized spacial score (nSPS) is 14.2. The number of anilines is 2. The first-order chi connectivity index (χ1) is 12.7. The van der Waals surface area contributed by atoms with Crippen molar-refractivity contribution in [1.29, 1.82) is 0 Å². The molecule has 2 N–H and O–H groups in total. The van der Waals surface area contributed by atoms with Gasteiger partial charge in [0.05, 0.1) is 35.7 Å². The van der Waals surface area contributed by atoms with E-state index in [1.807, 2.05) is 29.2 Å². The Morgan fingerprint density at radius 2 is 1.92 bits per heavy atom. The maximum atomic E-state index is 12.4. The van der Waals surface area contributed by atoms with Gasteiger partial charge in [-0.15, -0.1) is 0 Å². The molecule has 0 unspecified atom stereocenters. The summed E-state index contributed by atoms with van der Waals surface area (Å²) in [5, 5.41) is 5.53. The Hall–Kier alpha value is -3.55. The van der Waals surface area contributed by atoms with Crippen LogP contribution in [0.3, 0.4) is 0 Å². The zero-order chi connectivity index (χ0) is 17.9. The second-order valence-corrected chi connectivity index (χ2v) is 5.87. The quantitative estimate of drug-likeness (QED) is 0.738. The third-order valence-electron chi connectivity index (χ3n) is 4.05. The lowest BCUT2D eigenvalue weighted by Crippen LogP contribution is -2.48. The minimum absolute atomic E-state index is 0.0229. The van der Waals surface area contributed by atoms with Gasteiger partial charge in [0.2, 0.25) is 5.91 Å². The summed E-state index contributed by atoms with van der Waals surface area (Å²) in [4.78, 5) is 38.6. The fourth-order valence-electron chi connectivity index (χ4n) is 2.74. The van der Waals surface area contributed by atoms with E-state index in [1.165, 1.54) is 6.20 Å². The summed E-state index contributed by atoms with van der Waals surface area (Å²) in [6, 6.07) is 10.9. The van der Waals surface area contributed by atoms with Crippen molar-refractivity contribution < 1.29 is 9.59 Å². The lowest BCUT2D eigenvalue weighted by atomic mass is 10.3. The van der Waals surface area contributed by atoms with Gasteiger partial charge in [-0.2, -0.15) is 0 Å². The van der Waals surface area contributed by atoms with E-state index < -0.39 is 0 Å². The molecule has 1 saturated heterocycles.